The molecule has 7 nitrogen and oxygen atoms in total. The van der Waals surface area contributed by atoms with Crippen molar-refractivity contribution in [1.29, 1.82) is 0 Å². The average Bonchev–Trinajstić information content (AvgIpc) is 2.57. The highest BCUT2D eigenvalue weighted by Gasteiger charge is 2.20. The van der Waals surface area contributed by atoms with Crippen LogP contribution < -0.4 is 16.9 Å². The van der Waals surface area contributed by atoms with Crippen LogP contribution in [0.25, 0.3) is 0 Å². The van der Waals surface area contributed by atoms with E-state index in [9.17, 15) is 9.59 Å². The van der Waals surface area contributed by atoms with Gasteiger partial charge in [-0.25, -0.2) is 5.43 Å². The molecule has 0 spiro atoms. The molecule has 1 rings (SSSR count). The van der Waals surface area contributed by atoms with E-state index in [0.717, 1.165) is 13.1 Å². The van der Waals surface area contributed by atoms with Crippen molar-refractivity contribution in [1.82, 2.24) is 15.3 Å². The Morgan fingerprint density at radius 3 is 2.29 bits per heavy atom. The summed E-state index contributed by atoms with van der Waals surface area (Å²) >= 11 is 0. The topological polar surface area (TPSA) is 105 Å². The number of hydrazine groups is 1. The minimum absolute atomic E-state index is 0.0924. The number of nitrogens with one attached hydrogen (secondary N) is 1. The predicted molar refractivity (Wildman–Crippen MR) is 95.7 cm³/mol. The first-order chi connectivity index (χ1) is 11.5. The molecule has 0 radical (unpaired) electrons. The number of carbonyl (C=O) groups excluding carboxylic acids is 2. The molecule has 1 aromatic rings. The van der Waals surface area contributed by atoms with E-state index in [0.29, 0.717) is 43.6 Å². The van der Waals surface area contributed by atoms with Crippen molar-refractivity contribution in [3.63, 3.8) is 0 Å². The number of hydrogen-bond acceptors (Lipinski definition) is 6. The van der Waals surface area contributed by atoms with Gasteiger partial charge in [0.1, 0.15) is 0 Å². The van der Waals surface area contributed by atoms with Crippen LogP contribution in [-0.2, 0) is 0 Å². The molecule has 0 atom stereocenters. The van der Waals surface area contributed by atoms with Crippen molar-refractivity contribution in [2.24, 2.45) is 11.5 Å². The van der Waals surface area contributed by atoms with Gasteiger partial charge in [0.25, 0.3) is 5.91 Å². The first kappa shape index (κ1) is 20.2. The molecule has 0 fully saturated rings. The zero-order valence-corrected chi connectivity index (χ0v) is 14.6. The van der Waals surface area contributed by atoms with Gasteiger partial charge in [-0.1, -0.05) is 18.2 Å². The Labute approximate surface area is 143 Å². The van der Waals surface area contributed by atoms with Gasteiger partial charge in [-0.15, -0.1) is 0 Å². The number of aldehydes is 1. The van der Waals surface area contributed by atoms with Crippen LogP contribution in [0.1, 0.15) is 34.6 Å². The van der Waals surface area contributed by atoms with Crippen molar-refractivity contribution in [3.8, 4) is 0 Å². The number of rotatable bonds is 11. The number of nitrogens with zero attached hydrogens (tertiary/aromatic N) is 2. The molecule has 0 saturated heterocycles. The van der Waals surface area contributed by atoms with Crippen LogP contribution in [0.3, 0.4) is 0 Å². The number of carbonyl (C=O) groups is 2. The molecule has 1 aromatic carbocycles. The lowest BCUT2D eigenvalue weighted by Gasteiger charge is -2.29. The van der Waals surface area contributed by atoms with Gasteiger partial charge >= 0.3 is 0 Å². The smallest absolute Gasteiger partial charge is 0.268 e. The Morgan fingerprint density at radius 1 is 1.12 bits per heavy atom. The highest BCUT2D eigenvalue weighted by Crippen LogP contribution is 2.09. The molecule has 0 unspecified atom stereocenters. The van der Waals surface area contributed by atoms with Gasteiger partial charge in [-0.2, -0.15) is 0 Å². The summed E-state index contributed by atoms with van der Waals surface area (Å²) in [5.41, 5.74) is 15.2. The summed E-state index contributed by atoms with van der Waals surface area (Å²) in [6.45, 7) is 7.59. The Balaban J connectivity index is 2.87. The predicted octanol–water partition coefficient (Wildman–Crippen LogP) is 0.0737. The van der Waals surface area contributed by atoms with Crippen molar-refractivity contribution in [2.75, 3.05) is 39.3 Å². The maximum Gasteiger partial charge on any atom is 0.268 e. The molecular weight excluding hydrogens is 306 g/mol. The number of hydrogen-bond donors (Lipinski definition) is 3. The molecule has 7 heteroatoms. The quantitative estimate of drug-likeness (QED) is 0.391. The third-order valence-corrected chi connectivity index (χ3v) is 3.51. The molecule has 0 aromatic heterocycles. The first-order valence-corrected chi connectivity index (χ1v) is 8.28. The summed E-state index contributed by atoms with van der Waals surface area (Å²) in [6.07, 6.45) is 0.704. The van der Waals surface area contributed by atoms with Gasteiger partial charge in [0, 0.05) is 44.3 Å². The van der Waals surface area contributed by atoms with Crippen LogP contribution in [0.4, 0.5) is 0 Å². The van der Waals surface area contributed by atoms with Crippen molar-refractivity contribution in [2.45, 2.75) is 19.9 Å². The van der Waals surface area contributed by atoms with Crippen LogP contribution in [0, 0.1) is 0 Å². The van der Waals surface area contributed by atoms with E-state index in [1.807, 2.05) is 13.8 Å². The average molecular weight is 335 g/mol. The van der Waals surface area contributed by atoms with E-state index in [1.165, 1.54) is 0 Å². The maximum absolute atomic E-state index is 12.8. The van der Waals surface area contributed by atoms with Crippen molar-refractivity contribution in [3.05, 3.63) is 35.4 Å². The summed E-state index contributed by atoms with van der Waals surface area (Å²) in [5, 5.41) is 1.56. The zero-order chi connectivity index (χ0) is 17.9. The van der Waals surface area contributed by atoms with Crippen LogP contribution in [0.2, 0.25) is 0 Å². The van der Waals surface area contributed by atoms with Gasteiger partial charge in [-0.05, 0) is 19.9 Å². The monoisotopic (exact) mass is 335 g/mol. The van der Waals surface area contributed by atoms with Gasteiger partial charge in [0.15, 0.2) is 6.29 Å². The van der Waals surface area contributed by atoms with Crippen LogP contribution in [-0.4, -0.2) is 67.4 Å². The van der Waals surface area contributed by atoms with Gasteiger partial charge in [0.2, 0.25) is 0 Å². The van der Waals surface area contributed by atoms with Gasteiger partial charge in [-0.3, -0.25) is 19.5 Å². The van der Waals surface area contributed by atoms with Crippen LogP contribution in [0.15, 0.2) is 24.3 Å². The third kappa shape index (κ3) is 6.37. The standard InChI is InChI=1S/C17H29N5O2/c1-14(2)20-22(12-11-21(9-7-18)10-8-19)17(24)16-6-4-3-5-15(16)13-23/h3-6,13-14,20H,7-12,18-19H2,1-2H3. The minimum Gasteiger partial charge on any atom is -0.329 e. The third-order valence-electron chi connectivity index (χ3n) is 3.51. The lowest BCUT2D eigenvalue weighted by molar-refractivity contribution is 0.0601. The summed E-state index contributed by atoms with van der Waals surface area (Å²) in [5.74, 6) is -0.216. The van der Waals surface area contributed by atoms with Crippen LogP contribution >= 0.6 is 0 Å². The highest BCUT2D eigenvalue weighted by molar-refractivity contribution is 6.01. The normalized spacial score (nSPS) is 11.1. The summed E-state index contributed by atoms with van der Waals surface area (Å²) in [4.78, 5) is 26.1. The van der Waals surface area contributed by atoms with Crippen molar-refractivity contribution >= 4 is 12.2 Å². The molecule has 0 aliphatic rings. The Bertz CT molecular complexity index is 515. The van der Waals surface area contributed by atoms with E-state index in [-0.39, 0.29) is 11.9 Å². The summed E-state index contributed by atoms with van der Waals surface area (Å²) in [7, 11) is 0. The van der Waals surface area contributed by atoms with E-state index in [4.69, 9.17) is 11.5 Å². The fraction of sp³-hybridized carbons (Fsp3) is 0.529. The second-order valence-corrected chi connectivity index (χ2v) is 5.86. The molecule has 134 valence electrons. The second kappa shape index (κ2) is 10.9. The van der Waals surface area contributed by atoms with E-state index in [1.54, 1.807) is 29.3 Å². The molecule has 0 aliphatic carbocycles. The minimum atomic E-state index is -0.216. The SMILES string of the molecule is CC(C)NN(CCN(CCN)CCN)C(=O)c1ccccc1C=O. The number of benzene rings is 1. The molecule has 24 heavy (non-hydrogen) atoms. The number of amides is 1. The number of nitrogens with two attached hydrogens (primary N) is 2. The molecule has 0 saturated carbocycles. The molecule has 0 aliphatic heterocycles. The Morgan fingerprint density at radius 2 is 1.75 bits per heavy atom. The fourth-order valence-electron chi connectivity index (χ4n) is 2.42. The van der Waals surface area contributed by atoms with Gasteiger partial charge in [0.05, 0.1) is 12.1 Å². The second-order valence-electron chi connectivity index (χ2n) is 5.86. The van der Waals surface area contributed by atoms with E-state index < -0.39 is 0 Å². The van der Waals surface area contributed by atoms with E-state index >= 15 is 0 Å². The lowest BCUT2D eigenvalue weighted by atomic mass is 10.1. The molecular formula is C17H29N5O2. The van der Waals surface area contributed by atoms with Gasteiger partial charge < -0.3 is 11.5 Å². The molecule has 0 heterocycles. The maximum atomic E-state index is 12.8. The zero-order valence-electron chi connectivity index (χ0n) is 14.6. The fourth-order valence-corrected chi connectivity index (χ4v) is 2.42. The van der Waals surface area contributed by atoms with Crippen LogP contribution in [0.5, 0.6) is 0 Å². The Kier molecular flexibility index (Phi) is 9.18. The molecule has 1 amide bonds. The molecule has 0 bridgehead atoms. The highest BCUT2D eigenvalue weighted by atomic mass is 16.2. The Hall–Kier alpha value is -1.80. The first-order valence-electron chi connectivity index (χ1n) is 8.28. The van der Waals surface area contributed by atoms with Crippen molar-refractivity contribution < 1.29 is 9.59 Å². The molecule has 5 N–H and O–H groups in total. The lowest BCUT2D eigenvalue weighted by Crippen LogP contribution is -2.50. The summed E-state index contributed by atoms with van der Waals surface area (Å²) in [6, 6.07) is 6.89. The largest absolute Gasteiger partial charge is 0.329 e. The van der Waals surface area contributed by atoms with E-state index in [2.05, 4.69) is 10.3 Å². The summed E-state index contributed by atoms with van der Waals surface area (Å²) < 4.78 is 0.